The average Bonchev–Trinajstić information content (AvgIpc) is 2.37. The molecule has 1 aliphatic heterocycles. The summed E-state index contributed by atoms with van der Waals surface area (Å²) in [4.78, 5) is 9.46. The van der Waals surface area contributed by atoms with Crippen molar-refractivity contribution in [3.05, 3.63) is 23.4 Å². The highest BCUT2D eigenvalue weighted by molar-refractivity contribution is 5.43. The van der Waals surface area contributed by atoms with Crippen molar-refractivity contribution in [3.8, 4) is 0 Å². The third kappa shape index (κ3) is 3.67. The Kier molecular flexibility index (Phi) is 4.77. The van der Waals surface area contributed by atoms with Gasteiger partial charge >= 0.3 is 0 Å². The number of anilines is 1. The maximum absolute atomic E-state index is 4.70. The molecule has 1 atom stereocenters. The number of piperidine rings is 1. The molecule has 2 heterocycles. The minimum atomic E-state index is 0.579. The number of likely N-dealkylation sites (tertiary alicyclic amines) is 1. The molecule has 0 bridgehead atoms. The van der Waals surface area contributed by atoms with Crippen LogP contribution in [0.2, 0.25) is 0 Å². The topological polar surface area (TPSA) is 31.4 Å². The molecule has 0 spiro atoms. The summed E-state index contributed by atoms with van der Waals surface area (Å²) in [7, 11) is 6.36. The van der Waals surface area contributed by atoms with Crippen molar-refractivity contribution in [1.82, 2.24) is 15.2 Å². The lowest BCUT2D eigenvalue weighted by Gasteiger charge is -2.36. The maximum atomic E-state index is 4.70. The van der Waals surface area contributed by atoms with E-state index < -0.39 is 0 Å². The minimum absolute atomic E-state index is 0.579. The number of hydrogen-bond donors (Lipinski definition) is 1. The first kappa shape index (κ1) is 14.3. The summed E-state index contributed by atoms with van der Waals surface area (Å²) < 4.78 is 0. The average molecular weight is 262 g/mol. The molecule has 0 aromatic carbocycles. The van der Waals surface area contributed by atoms with Crippen LogP contribution in [0.3, 0.4) is 0 Å². The maximum Gasteiger partial charge on any atom is 0.129 e. The van der Waals surface area contributed by atoms with E-state index in [1.165, 1.54) is 24.9 Å². The Hall–Kier alpha value is -1.13. The smallest absolute Gasteiger partial charge is 0.129 e. The first-order chi connectivity index (χ1) is 9.10. The molecule has 0 radical (unpaired) electrons. The van der Waals surface area contributed by atoms with Crippen LogP contribution in [-0.2, 0) is 6.54 Å². The van der Waals surface area contributed by atoms with Crippen LogP contribution in [-0.4, -0.2) is 50.2 Å². The largest absolute Gasteiger partial charge is 0.355 e. The van der Waals surface area contributed by atoms with Crippen LogP contribution in [0.25, 0.3) is 0 Å². The molecule has 106 valence electrons. The van der Waals surface area contributed by atoms with Gasteiger partial charge in [-0.2, -0.15) is 0 Å². The fourth-order valence-electron chi connectivity index (χ4n) is 2.85. The van der Waals surface area contributed by atoms with Crippen molar-refractivity contribution in [2.45, 2.75) is 32.4 Å². The predicted octanol–water partition coefficient (Wildman–Crippen LogP) is 1.64. The van der Waals surface area contributed by atoms with Crippen LogP contribution >= 0.6 is 0 Å². The first-order valence-electron chi connectivity index (χ1n) is 7.13. The zero-order valence-corrected chi connectivity index (χ0v) is 12.6. The third-order valence-electron chi connectivity index (χ3n) is 3.89. The third-order valence-corrected chi connectivity index (χ3v) is 3.89. The molecule has 19 heavy (non-hydrogen) atoms. The normalized spacial score (nSPS) is 20.5. The molecule has 1 aromatic rings. The number of hydrogen-bond acceptors (Lipinski definition) is 4. The molecule has 1 saturated heterocycles. The zero-order valence-electron chi connectivity index (χ0n) is 12.6. The van der Waals surface area contributed by atoms with Crippen molar-refractivity contribution in [2.75, 3.05) is 39.1 Å². The van der Waals surface area contributed by atoms with Gasteiger partial charge < -0.3 is 15.1 Å². The van der Waals surface area contributed by atoms with Gasteiger partial charge in [-0.1, -0.05) is 0 Å². The van der Waals surface area contributed by atoms with E-state index in [2.05, 4.69) is 48.3 Å². The van der Waals surface area contributed by atoms with Crippen LogP contribution in [0.5, 0.6) is 0 Å². The quantitative estimate of drug-likeness (QED) is 0.894. The molecule has 4 nitrogen and oxygen atoms in total. The fraction of sp³-hybridized carbons (Fsp3) is 0.667. The number of nitrogens with zero attached hydrogens (tertiary/aromatic N) is 3. The van der Waals surface area contributed by atoms with Crippen molar-refractivity contribution in [2.24, 2.45) is 0 Å². The summed E-state index contributed by atoms with van der Waals surface area (Å²) in [5.41, 5.74) is 2.40. The Bertz CT molecular complexity index is 419. The molecule has 2 rings (SSSR count). The van der Waals surface area contributed by atoms with Crippen LogP contribution in [0.4, 0.5) is 5.82 Å². The lowest BCUT2D eigenvalue weighted by molar-refractivity contribution is 0.247. The zero-order chi connectivity index (χ0) is 13.8. The van der Waals surface area contributed by atoms with Crippen molar-refractivity contribution in [3.63, 3.8) is 0 Å². The molecule has 1 unspecified atom stereocenters. The molecule has 1 fully saturated rings. The van der Waals surface area contributed by atoms with E-state index in [1.54, 1.807) is 0 Å². The van der Waals surface area contributed by atoms with Gasteiger partial charge in [0.1, 0.15) is 5.82 Å². The van der Waals surface area contributed by atoms with Gasteiger partial charge in [0.15, 0.2) is 0 Å². The standard InChI is InChI=1S/C15H26N4/c1-12-8-13(10-16-2)9-15(17-12)19(4)14-6-5-7-18(3)11-14/h8-9,14,16H,5-7,10-11H2,1-4H3. The van der Waals surface area contributed by atoms with Gasteiger partial charge in [-0.3, -0.25) is 0 Å². The fourth-order valence-corrected chi connectivity index (χ4v) is 2.85. The molecular formula is C15H26N4. The highest BCUT2D eigenvalue weighted by Crippen LogP contribution is 2.21. The Balaban J connectivity index is 2.15. The van der Waals surface area contributed by atoms with E-state index in [4.69, 9.17) is 4.98 Å². The summed E-state index contributed by atoms with van der Waals surface area (Å²) >= 11 is 0. The number of nitrogens with one attached hydrogen (secondary N) is 1. The van der Waals surface area contributed by atoms with Crippen LogP contribution < -0.4 is 10.2 Å². The predicted molar refractivity (Wildman–Crippen MR) is 80.7 cm³/mol. The van der Waals surface area contributed by atoms with E-state index in [-0.39, 0.29) is 0 Å². The van der Waals surface area contributed by atoms with Crippen molar-refractivity contribution in [1.29, 1.82) is 0 Å². The van der Waals surface area contributed by atoms with Crippen molar-refractivity contribution >= 4 is 5.82 Å². The Labute approximate surface area is 116 Å². The van der Waals surface area contributed by atoms with Gasteiger partial charge in [-0.05, 0) is 58.1 Å². The van der Waals surface area contributed by atoms with E-state index in [0.29, 0.717) is 6.04 Å². The summed E-state index contributed by atoms with van der Waals surface area (Å²) in [5, 5.41) is 3.21. The molecule has 0 amide bonds. The van der Waals surface area contributed by atoms with E-state index >= 15 is 0 Å². The second-order valence-corrected chi connectivity index (χ2v) is 5.67. The molecule has 0 saturated carbocycles. The number of aromatic nitrogens is 1. The minimum Gasteiger partial charge on any atom is -0.355 e. The second kappa shape index (κ2) is 6.35. The molecule has 1 aromatic heterocycles. The Morgan fingerprint density at radius 2 is 2.26 bits per heavy atom. The van der Waals surface area contributed by atoms with Crippen LogP contribution in [0.15, 0.2) is 12.1 Å². The lowest BCUT2D eigenvalue weighted by Crippen LogP contribution is -2.45. The van der Waals surface area contributed by atoms with Gasteiger partial charge in [-0.25, -0.2) is 4.98 Å². The highest BCUT2D eigenvalue weighted by atomic mass is 15.2. The van der Waals surface area contributed by atoms with Gasteiger partial charge in [0.05, 0.1) is 0 Å². The van der Waals surface area contributed by atoms with Crippen molar-refractivity contribution < 1.29 is 0 Å². The lowest BCUT2D eigenvalue weighted by atomic mass is 10.0. The Morgan fingerprint density at radius 3 is 2.95 bits per heavy atom. The number of rotatable bonds is 4. The summed E-state index contributed by atoms with van der Waals surface area (Å²) in [5.74, 6) is 1.10. The number of likely N-dealkylation sites (N-methyl/N-ethyl adjacent to an activating group) is 2. The van der Waals surface area contributed by atoms with Gasteiger partial charge in [0, 0.05) is 31.9 Å². The van der Waals surface area contributed by atoms with E-state index in [0.717, 1.165) is 24.6 Å². The first-order valence-corrected chi connectivity index (χ1v) is 7.13. The van der Waals surface area contributed by atoms with Gasteiger partial charge in [-0.15, -0.1) is 0 Å². The van der Waals surface area contributed by atoms with Crippen LogP contribution in [0, 0.1) is 6.92 Å². The summed E-state index contributed by atoms with van der Waals surface area (Å²) in [6, 6.07) is 4.94. The molecule has 1 aliphatic rings. The second-order valence-electron chi connectivity index (χ2n) is 5.67. The number of aryl methyl sites for hydroxylation is 1. The molecule has 0 aliphatic carbocycles. The van der Waals surface area contributed by atoms with E-state index in [9.17, 15) is 0 Å². The van der Waals surface area contributed by atoms with E-state index in [1.807, 2.05) is 7.05 Å². The van der Waals surface area contributed by atoms with Gasteiger partial charge in [0.25, 0.3) is 0 Å². The Morgan fingerprint density at radius 1 is 1.47 bits per heavy atom. The SMILES string of the molecule is CNCc1cc(C)nc(N(C)C2CCCN(C)C2)c1. The molecular weight excluding hydrogens is 236 g/mol. The van der Waals surface area contributed by atoms with Gasteiger partial charge in [0.2, 0.25) is 0 Å². The summed E-state index contributed by atoms with van der Waals surface area (Å²) in [6.45, 7) is 5.32. The molecule has 1 N–H and O–H groups in total. The van der Waals surface area contributed by atoms with Crippen LogP contribution in [0.1, 0.15) is 24.1 Å². The highest BCUT2D eigenvalue weighted by Gasteiger charge is 2.22. The molecule has 4 heteroatoms. The monoisotopic (exact) mass is 262 g/mol. The number of pyridine rings is 1. The summed E-state index contributed by atoms with van der Waals surface area (Å²) in [6.07, 6.45) is 2.54.